The van der Waals surface area contributed by atoms with E-state index in [9.17, 15) is 0 Å². The van der Waals surface area contributed by atoms with E-state index < -0.39 is 0 Å². The first-order valence-corrected chi connectivity index (χ1v) is 4.87. The molecular weight excluding hydrogens is 178 g/mol. The van der Waals surface area contributed by atoms with Crippen LogP contribution < -0.4 is 15.2 Å². The lowest BCUT2D eigenvalue weighted by Gasteiger charge is -2.12. The van der Waals surface area contributed by atoms with Crippen LogP contribution >= 0.6 is 0 Å². The maximum atomic E-state index is 6.03. The fraction of sp³-hybridized carbons (Fsp3) is 0.455. The zero-order valence-electron chi connectivity index (χ0n) is 8.32. The highest BCUT2D eigenvalue weighted by Gasteiger charge is 2.16. The van der Waals surface area contributed by atoms with Crippen LogP contribution in [-0.4, -0.2) is 13.7 Å². The van der Waals surface area contributed by atoms with Gasteiger partial charge in [0.1, 0.15) is 11.5 Å². The Kier molecular flexibility index (Phi) is 2.59. The number of nitrogens with two attached hydrogens (primary N) is 1. The van der Waals surface area contributed by atoms with E-state index in [0.717, 1.165) is 36.5 Å². The molecule has 0 saturated heterocycles. The number of benzene rings is 1. The van der Waals surface area contributed by atoms with Crippen molar-refractivity contribution < 1.29 is 9.47 Å². The van der Waals surface area contributed by atoms with Gasteiger partial charge in [0.05, 0.1) is 13.7 Å². The summed E-state index contributed by atoms with van der Waals surface area (Å²) in [5.41, 5.74) is 7.09. The zero-order valence-corrected chi connectivity index (χ0v) is 8.32. The second-order valence-electron chi connectivity index (χ2n) is 3.50. The van der Waals surface area contributed by atoms with Gasteiger partial charge in [-0.25, -0.2) is 0 Å². The smallest absolute Gasteiger partial charge is 0.124 e. The molecule has 0 spiro atoms. The summed E-state index contributed by atoms with van der Waals surface area (Å²) in [7, 11) is 1.66. The Bertz CT molecular complexity index is 325. The molecule has 0 radical (unpaired) electrons. The molecule has 3 nitrogen and oxygen atoms in total. The molecule has 1 aromatic carbocycles. The van der Waals surface area contributed by atoms with E-state index in [1.165, 1.54) is 0 Å². The third-order valence-corrected chi connectivity index (χ3v) is 2.53. The first-order valence-electron chi connectivity index (χ1n) is 4.87. The van der Waals surface area contributed by atoms with E-state index in [2.05, 4.69) is 0 Å². The number of methoxy groups -OCH3 is 1. The van der Waals surface area contributed by atoms with Crippen molar-refractivity contribution in [3.8, 4) is 11.5 Å². The lowest BCUT2D eigenvalue weighted by Crippen LogP contribution is -2.09. The third kappa shape index (κ3) is 1.68. The molecule has 0 fully saturated rings. The molecule has 14 heavy (non-hydrogen) atoms. The summed E-state index contributed by atoms with van der Waals surface area (Å²) in [5, 5.41) is 0. The van der Waals surface area contributed by atoms with Crippen LogP contribution in [0.15, 0.2) is 18.2 Å². The van der Waals surface area contributed by atoms with Crippen LogP contribution in [0.25, 0.3) is 0 Å². The number of hydrogen-bond acceptors (Lipinski definition) is 3. The van der Waals surface area contributed by atoms with E-state index >= 15 is 0 Å². The van der Waals surface area contributed by atoms with Gasteiger partial charge in [0.2, 0.25) is 0 Å². The van der Waals surface area contributed by atoms with Crippen molar-refractivity contribution >= 4 is 0 Å². The number of hydrogen-bond donors (Lipinski definition) is 1. The Morgan fingerprint density at radius 1 is 1.50 bits per heavy atom. The Hall–Kier alpha value is -1.22. The van der Waals surface area contributed by atoms with Crippen molar-refractivity contribution in [2.24, 2.45) is 5.73 Å². The van der Waals surface area contributed by atoms with Gasteiger partial charge in [0, 0.05) is 11.6 Å². The molecule has 2 rings (SSSR count). The van der Waals surface area contributed by atoms with E-state index in [4.69, 9.17) is 15.2 Å². The summed E-state index contributed by atoms with van der Waals surface area (Å²) in [4.78, 5) is 0. The quantitative estimate of drug-likeness (QED) is 0.740. The van der Waals surface area contributed by atoms with Crippen molar-refractivity contribution in [1.82, 2.24) is 0 Å². The summed E-state index contributed by atoms with van der Waals surface area (Å²) in [6.07, 6.45) is 1.98. The molecule has 1 heterocycles. The predicted octanol–water partition coefficient (Wildman–Crippen LogP) is 1.87. The minimum absolute atomic E-state index is 0.0719. The number of rotatable bonds is 1. The van der Waals surface area contributed by atoms with Gasteiger partial charge in [0.25, 0.3) is 0 Å². The van der Waals surface area contributed by atoms with Crippen LogP contribution in [0.2, 0.25) is 0 Å². The van der Waals surface area contributed by atoms with E-state index in [1.54, 1.807) is 7.11 Å². The summed E-state index contributed by atoms with van der Waals surface area (Å²) < 4.78 is 10.7. The zero-order chi connectivity index (χ0) is 9.97. The molecule has 2 N–H and O–H groups in total. The summed E-state index contributed by atoms with van der Waals surface area (Å²) in [6, 6.07) is 5.87. The largest absolute Gasteiger partial charge is 0.497 e. The fourth-order valence-corrected chi connectivity index (χ4v) is 1.72. The van der Waals surface area contributed by atoms with Gasteiger partial charge in [-0.1, -0.05) is 0 Å². The van der Waals surface area contributed by atoms with Crippen molar-refractivity contribution in [2.45, 2.75) is 18.9 Å². The molecule has 76 valence electrons. The monoisotopic (exact) mass is 193 g/mol. The van der Waals surface area contributed by atoms with Crippen LogP contribution in [-0.2, 0) is 0 Å². The summed E-state index contributed by atoms with van der Waals surface area (Å²) in [5.74, 6) is 1.74. The maximum Gasteiger partial charge on any atom is 0.124 e. The fourth-order valence-electron chi connectivity index (χ4n) is 1.72. The Balaban J connectivity index is 2.39. The Morgan fingerprint density at radius 3 is 3.14 bits per heavy atom. The molecule has 1 aliphatic heterocycles. The molecule has 0 unspecified atom stereocenters. The van der Waals surface area contributed by atoms with Crippen LogP contribution in [0.5, 0.6) is 11.5 Å². The molecule has 1 aromatic rings. The molecule has 0 saturated carbocycles. The van der Waals surface area contributed by atoms with Crippen molar-refractivity contribution in [2.75, 3.05) is 13.7 Å². The van der Waals surface area contributed by atoms with Gasteiger partial charge >= 0.3 is 0 Å². The lowest BCUT2D eigenvalue weighted by atomic mass is 10.0. The van der Waals surface area contributed by atoms with Gasteiger partial charge < -0.3 is 15.2 Å². The SMILES string of the molecule is COc1ccc2c(c1)[C@@H](N)CCCO2. The number of fused-ring (bicyclic) bond motifs is 1. The van der Waals surface area contributed by atoms with E-state index in [1.807, 2.05) is 18.2 Å². The third-order valence-electron chi connectivity index (χ3n) is 2.53. The molecule has 1 aliphatic rings. The Labute approximate surface area is 83.8 Å². The lowest BCUT2D eigenvalue weighted by molar-refractivity contribution is 0.315. The highest BCUT2D eigenvalue weighted by Crippen LogP contribution is 2.32. The molecular formula is C11H15NO2. The van der Waals surface area contributed by atoms with Crippen LogP contribution in [0.4, 0.5) is 0 Å². The maximum absolute atomic E-state index is 6.03. The highest BCUT2D eigenvalue weighted by molar-refractivity contribution is 5.42. The van der Waals surface area contributed by atoms with Crippen molar-refractivity contribution in [3.05, 3.63) is 23.8 Å². The summed E-state index contributed by atoms with van der Waals surface area (Å²) in [6.45, 7) is 0.757. The minimum Gasteiger partial charge on any atom is -0.497 e. The van der Waals surface area contributed by atoms with Crippen LogP contribution in [0.3, 0.4) is 0 Å². The summed E-state index contributed by atoms with van der Waals surface area (Å²) >= 11 is 0. The molecule has 1 atom stereocenters. The second-order valence-corrected chi connectivity index (χ2v) is 3.50. The van der Waals surface area contributed by atoms with Crippen LogP contribution in [0, 0.1) is 0 Å². The van der Waals surface area contributed by atoms with Gasteiger partial charge in [-0.2, -0.15) is 0 Å². The molecule has 0 amide bonds. The predicted molar refractivity (Wildman–Crippen MR) is 54.7 cm³/mol. The molecule has 3 heteroatoms. The molecule has 0 aromatic heterocycles. The van der Waals surface area contributed by atoms with E-state index in [0.29, 0.717) is 0 Å². The van der Waals surface area contributed by atoms with Gasteiger partial charge in [-0.15, -0.1) is 0 Å². The highest BCUT2D eigenvalue weighted by atomic mass is 16.5. The normalized spacial score (nSPS) is 20.6. The topological polar surface area (TPSA) is 44.5 Å². The first-order chi connectivity index (χ1) is 6.81. The van der Waals surface area contributed by atoms with Crippen molar-refractivity contribution in [3.63, 3.8) is 0 Å². The van der Waals surface area contributed by atoms with Gasteiger partial charge in [0.15, 0.2) is 0 Å². The average molecular weight is 193 g/mol. The first kappa shape index (κ1) is 9.34. The van der Waals surface area contributed by atoms with Gasteiger partial charge in [-0.3, -0.25) is 0 Å². The minimum atomic E-state index is 0.0719. The van der Waals surface area contributed by atoms with Gasteiger partial charge in [-0.05, 0) is 31.0 Å². The second kappa shape index (κ2) is 3.88. The standard InChI is InChI=1S/C11H15NO2/c1-13-8-4-5-11-9(7-8)10(12)3-2-6-14-11/h4-5,7,10H,2-3,6,12H2,1H3/t10-/m0/s1. The molecule has 0 bridgehead atoms. The van der Waals surface area contributed by atoms with Crippen molar-refractivity contribution in [1.29, 1.82) is 0 Å². The Morgan fingerprint density at radius 2 is 2.36 bits per heavy atom. The number of ether oxygens (including phenoxy) is 2. The average Bonchev–Trinajstić information content (AvgIpc) is 2.40. The van der Waals surface area contributed by atoms with Crippen LogP contribution in [0.1, 0.15) is 24.4 Å². The molecule has 0 aliphatic carbocycles. The van der Waals surface area contributed by atoms with E-state index in [-0.39, 0.29) is 6.04 Å².